The molecule has 0 aliphatic heterocycles. The largest absolute Gasteiger partial charge is 0.389 e. The number of fused-ring (bicyclic) bond motifs is 2. The van der Waals surface area contributed by atoms with Crippen LogP contribution in [0.15, 0.2) is 36.7 Å². The number of aromatic nitrogens is 5. The molecule has 8 heteroatoms. The first kappa shape index (κ1) is 17.6. The van der Waals surface area contributed by atoms with Crippen LogP contribution in [0, 0.1) is 0 Å². The SMILES string of the molecule is COC(NCC(C)(C)O)c1nc2cc3[nH][nH]c(-c4ccncc4)c3cc2n1. The number of nitrogens with one attached hydrogen (secondary N) is 3. The fourth-order valence-electron chi connectivity index (χ4n) is 3.02. The Morgan fingerprint density at radius 3 is 2.52 bits per heavy atom. The van der Waals surface area contributed by atoms with Crippen LogP contribution >= 0.6 is 0 Å². The van der Waals surface area contributed by atoms with Crippen LogP contribution < -0.4 is 5.32 Å². The van der Waals surface area contributed by atoms with Gasteiger partial charge in [-0.2, -0.15) is 0 Å². The van der Waals surface area contributed by atoms with Gasteiger partial charge in [0.25, 0.3) is 0 Å². The molecule has 3 heterocycles. The number of H-pyrrole nitrogens is 2. The number of pyridine rings is 1. The van der Waals surface area contributed by atoms with Gasteiger partial charge >= 0.3 is 0 Å². The molecule has 4 rings (SSSR count). The average Bonchev–Trinajstić information content (AvgIpc) is 3.23. The third kappa shape index (κ3) is 3.55. The number of ether oxygens (including phenoxy) is 1. The lowest BCUT2D eigenvalue weighted by Crippen LogP contribution is -2.37. The van der Waals surface area contributed by atoms with Gasteiger partial charge in [-0.15, -0.1) is 0 Å². The molecule has 0 spiro atoms. The highest BCUT2D eigenvalue weighted by atomic mass is 16.5. The van der Waals surface area contributed by atoms with Crippen molar-refractivity contribution in [2.45, 2.75) is 25.7 Å². The van der Waals surface area contributed by atoms with Crippen molar-refractivity contribution in [3.63, 3.8) is 0 Å². The Morgan fingerprint density at radius 1 is 1.15 bits per heavy atom. The monoisotopic (exact) mass is 366 g/mol. The van der Waals surface area contributed by atoms with Gasteiger partial charge in [0.15, 0.2) is 12.1 Å². The Labute approximate surface area is 156 Å². The van der Waals surface area contributed by atoms with Gasteiger partial charge in [0, 0.05) is 37.0 Å². The summed E-state index contributed by atoms with van der Waals surface area (Å²) < 4.78 is 5.47. The Kier molecular flexibility index (Phi) is 4.39. The Balaban J connectivity index is 1.72. The summed E-state index contributed by atoms with van der Waals surface area (Å²) in [6.07, 6.45) is 3.03. The van der Waals surface area contributed by atoms with Crippen LogP contribution in [0.1, 0.15) is 25.9 Å². The van der Waals surface area contributed by atoms with Gasteiger partial charge < -0.3 is 14.9 Å². The molecular weight excluding hydrogens is 344 g/mol. The summed E-state index contributed by atoms with van der Waals surface area (Å²) in [6.45, 7) is 3.82. The molecule has 4 N–H and O–H groups in total. The summed E-state index contributed by atoms with van der Waals surface area (Å²) in [5, 5.41) is 20.5. The van der Waals surface area contributed by atoms with Crippen LogP contribution in [0.2, 0.25) is 0 Å². The number of hydrogen-bond acceptors (Lipinski definition) is 6. The second-order valence-electron chi connectivity index (χ2n) is 7.14. The number of imidazole rings is 1. The molecule has 140 valence electrons. The van der Waals surface area contributed by atoms with Crippen molar-refractivity contribution >= 4 is 21.9 Å². The maximum atomic E-state index is 9.92. The molecule has 1 unspecified atom stereocenters. The molecule has 1 aromatic carbocycles. The minimum Gasteiger partial charge on any atom is -0.389 e. The van der Waals surface area contributed by atoms with E-state index in [-0.39, 0.29) is 0 Å². The van der Waals surface area contributed by atoms with Crippen molar-refractivity contribution < 1.29 is 9.84 Å². The van der Waals surface area contributed by atoms with Crippen molar-refractivity contribution in [1.29, 1.82) is 0 Å². The zero-order valence-corrected chi connectivity index (χ0v) is 15.4. The lowest BCUT2D eigenvalue weighted by molar-refractivity contribution is 0.0251. The van der Waals surface area contributed by atoms with Crippen LogP contribution in [0.3, 0.4) is 0 Å². The van der Waals surface area contributed by atoms with Crippen molar-refractivity contribution in [2.75, 3.05) is 13.7 Å². The lowest BCUT2D eigenvalue weighted by Gasteiger charge is -2.21. The molecule has 27 heavy (non-hydrogen) atoms. The third-order valence-corrected chi connectivity index (χ3v) is 4.34. The van der Waals surface area contributed by atoms with Crippen LogP contribution in [0.5, 0.6) is 0 Å². The molecular formula is C19H22N6O2. The number of methoxy groups -OCH3 is 1. The summed E-state index contributed by atoms with van der Waals surface area (Å²) in [5.74, 6) is 0.541. The van der Waals surface area contributed by atoms with Crippen LogP contribution in [-0.2, 0) is 4.74 Å². The zero-order valence-electron chi connectivity index (χ0n) is 15.4. The normalized spacial score (nSPS) is 13.5. The molecule has 0 bridgehead atoms. The summed E-state index contributed by atoms with van der Waals surface area (Å²) in [7, 11) is 1.59. The zero-order chi connectivity index (χ0) is 19.0. The molecule has 3 aromatic heterocycles. The van der Waals surface area contributed by atoms with Gasteiger partial charge in [-0.3, -0.25) is 15.4 Å². The number of aromatic amines is 2. The number of aliphatic hydroxyl groups is 1. The first-order valence-electron chi connectivity index (χ1n) is 8.71. The van der Waals surface area contributed by atoms with Gasteiger partial charge in [0.05, 0.1) is 27.8 Å². The van der Waals surface area contributed by atoms with Gasteiger partial charge in [0.2, 0.25) is 0 Å². The van der Waals surface area contributed by atoms with Gasteiger partial charge in [-0.05, 0) is 38.1 Å². The Hall–Kier alpha value is -2.81. The molecule has 4 aromatic rings. The standard InChI is InChI=1S/C19H22N6O2/c1-19(2,26)10-21-18(27-3)17-22-14-8-12-13(9-15(14)23-17)24-25-16(12)11-4-6-20-7-5-11/h4-9,18,21,24-26H,10H2,1-3H3. The molecule has 0 saturated heterocycles. The van der Waals surface area contributed by atoms with E-state index < -0.39 is 11.8 Å². The van der Waals surface area contributed by atoms with Crippen LogP contribution in [0.4, 0.5) is 0 Å². The molecule has 0 fully saturated rings. The van der Waals surface area contributed by atoms with E-state index in [1.54, 1.807) is 33.4 Å². The van der Waals surface area contributed by atoms with Crippen molar-refractivity contribution in [2.24, 2.45) is 0 Å². The molecule has 0 amide bonds. The Bertz CT molecular complexity index is 1060. The molecule has 1 atom stereocenters. The van der Waals surface area contributed by atoms with E-state index >= 15 is 0 Å². The van der Waals surface area contributed by atoms with E-state index in [1.807, 2.05) is 24.3 Å². The Morgan fingerprint density at radius 2 is 1.85 bits per heavy atom. The topological polar surface area (TPSA) is 112 Å². The van der Waals surface area contributed by atoms with E-state index in [9.17, 15) is 5.11 Å². The minimum atomic E-state index is -0.853. The minimum absolute atomic E-state index is 0.359. The summed E-state index contributed by atoms with van der Waals surface area (Å²) in [4.78, 5) is 13.3. The van der Waals surface area contributed by atoms with E-state index in [4.69, 9.17) is 4.74 Å². The highest BCUT2D eigenvalue weighted by Crippen LogP contribution is 2.29. The first-order valence-corrected chi connectivity index (χ1v) is 8.71. The number of hydrogen-bond donors (Lipinski definition) is 4. The highest BCUT2D eigenvalue weighted by molar-refractivity contribution is 6.00. The number of benzene rings is 1. The third-order valence-electron chi connectivity index (χ3n) is 4.34. The molecule has 0 saturated carbocycles. The van der Waals surface area contributed by atoms with Gasteiger partial charge in [-0.1, -0.05) is 0 Å². The number of nitrogens with zero attached hydrogens (tertiary/aromatic N) is 3. The second-order valence-corrected chi connectivity index (χ2v) is 7.14. The van der Waals surface area contributed by atoms with Crippen molar-refractivity contribution in [3.05, 3.63) is 42.5 Å². The van der Waals surface area contributed by atoms with Crippen LogP contribution in [0.25, 0.3) is 33.2 Å². The predicted molar refractivity (Wildman–Crippen MR) is 103 cm³/mol. The maximum absolute atomic E-state index is 9.92. The summed E-state index contributed by atoms with van der Waals surface area (Å²) >= 11 is 0. The predicted octanol–water partition coefficient (Wildman–Crippen LogP) is 2.51. The fraction of sp³-hybridized carbons (Fsp3) is 0.316. The van der Waals surface area contributed by atoms with Crippen molar-refractivity contribution in [1.82, 2.24) is 30.5 Å². The summed E-state index contributed by atoms with van der Waals surface area (Å²) in [6, 6.07) is 7.87. The average molecular weight is 366 g/mol. The molecule has 0 aliphatic rings. The molecule has 0 aliphatic carbocycles. The second kappa shape index (κ2) is 6.73. The maximum Gasteiger partial charge on any atom is 0.173 e. The highest BCUT2D eigenvalue weighted by Gasteiger charge is 2.21. The lowest BCUT2D eigenvalue weighted by atomic mass is 10.1. The number of rotatable bonds is 6. The first-order chi connectivity index (χ1) is 12.9. The molecule has 8 nitrogen and oxygen atoms in total. The van der Waals surface area contributed by atoms with Crippen molar-refractivity contribution in [3.8, 4) is 11.3 Å². The molecule has 0 radical (unpaired) electrons. The van der Waals surface area contributed by atoms with E-state index in [1.165, 1.54) is 0 Å². The summed E-state index contributed by atoms with van der Waals surface area (Å²) in [5.41, 5.74) is 3.67. The fourth-order valence-corrected chi connectivity index (χ4v) is 3.02. The van der Waals surface area contributed by atoms with E-state index in [0.717, 1.165) is 33.2 Å². The van der Waals surface area contributed by atoms with E-state index in [2.05, 4.69) is 30.5 Å². The smallest absolute Gasteiger partial charge is 0.173 e. The van der Waals surface area contributed by atoms with Gasteiger partial charge in [-0.25, -0.2) is 9.97 Å². The van der Waals surface area contributed by atoms with E-state index in [0.29, 0.717) is 12.4 Å². The van der Waals surface area contributed by atoms with Crippen LogP contribution in [-0.4, -0.2) is 49.5 Å². The quantitative estimate of drug-likeness (QED) is 0.390. The van der Waals surface area contributed by atoms with Gasteiger partial charge in [0.1, 0.15) is 0 Å².